The molecule has 4 rings (SSSR count). The Kier molecular flexibility index (Phi) is 8.57. The summed E-state index contributed by atoms with van der Waals surface area (Å²) in [6.45, 7) is 7.54. The third-order valence-electron chi connectivity index (χ3n) is 10.8. The minimum absolute atomic E-state index is 0.0682. The molecule has 0 aromatic rings. The fraction of sp³-hybridized carbons (Fsp3) is 0.900. The molecule has 2 nitrogen and oxygen atoms in total. The van der Waals surface area contributed by atoms with Crippen LogP contribution in [0.15, 0.2) is 11.6 Å². The van der Waals surface area contributed by atoms with E-state index >= 15 is 0 Å². The lowest BCUT2D eigenvalue weighted by molar-refractivity contribution is -0.151. The van der Waals surface area contributed by atoms with E-state index in [0.29, 0.717) is 23.1 Å². The zero-order chi connectivity index (χ0) is 23.5. The van der Waals surface area contributed by atoms with Crippen LogP contribution in [0, 0.1) is 34.5 Å². The number of alkyl halides is 1. The molecular weight excluding hydrogens is 428 g/mol. The Morgan fingerprint density at radius 2 is 1.82 bits per heavy atom. The molecule has 0 N–H and O–H groups in total. The van der Waals surface area contributed by atoms with E-state index in [1.165, 1.54) is 83.5 Å². The average Bonchev–Trinajstić information content (AvgIpc) is 3.13. The highest BCUT2D eigenvalue weighted by Crippen LogP contribution is 2.66. The molecule has 3 saturated carbocycles. The normalized spacial score (nSPS) is 39.9. The summed E-state index contributed by atoms with van der Waals surface area (Å²) < 4.78 is 5.77. The molecule has 33 heavy (non-hydrogen) atoms. The SMILES string of the molecule is CCCCCCCC[C@@H]1CC[C@@H]2[C@H]3CC=C4C[C@@H](OC(=O)CCCl)CC[C@]4(C)[C@@H]3CC[C@]12C. The van der Waals surface area contributed by atoms with Crippen molar-refractivity contribution in [2.45, 2.75) is 130 Å². The van der Waals surface area contributed by atoms with Crippen LogP contribution in [-0.4, -0.2) is 18.0 Å². The van der Waals surface area contributed by atoms with E-state index in [1.54, 1.807) is 5.57 Å². The second kappa shape index (κ2) is 11.0. The van der Waals surface area contributed by atoms with Gasteiger partial charge >= 0.3 is 5.97 Å². The van der Waals surface area contributed by atoms with E-state index in [4.69, 9.17) is 16.3 Å². The Labute approximate surface area is 208 Å². The fourth-order valence-corrected chi connectivity index (χ4v) is 8.96. The minimum atomic E-state index is -0.122. The highest BCUT2D eigenvalue weighted by molar-refractivity contribution is 6.18. The Morgan fingerprint density at radius 1 is 1.03 bits per heavy atom. The second-order valence-electron chi connectivity index (χ2n) is 12.4. The highest BCUT2D eigenvalue weighted by atomic mass is 35.5. The predicted octanol–water partition coefficient (Wildman–Crippen LogP) is 8.86. The largest absolute Gasteiger partial charge is 0.462 e. The molecule has 0 saturated heterocycles. The number of allylic oxidation sites excluding steroid dienone is 1. The molecule has 4 aliphatic carbocycles. The molecule has 0 aromatic heterocycles. The van der Waals surface area contributed by atoms with Crippen molar-refractivity contribution < 1.29 is 9.53 Å². The Morgan fingerprint density at radius 3 is 2.61 bits per heavy atom. The maximum atomic E-state index is 12.0. The van der Waals surface area contributed by atoms with Crippen LogP contribution in [0.2, 0.25) is 0 Å². The van der Waals surface area contributed by atoms with Gasteiger partial charge in [0.2, 0.25) is 0 Å². The maximum Gasteiger partial charge on any atom is 0.307 e. The molecule has 0 amide bonds. The number of ether oxygens (including phenoxy) is 1. The molecule has 0 aliphatic heterocycles. The molecule has 0 spiro atoms. The highest BCUT2D eigenvalue weighted by Gasteiger charge is 2.58. The van der Waals surface area contributed by atoms with Gasteiger partial charge in [-0.25, -0.2) is 0 Å². The summed E-state index contributed by atoms with van der Waals surface area (Å²) in [6.07, 6.45) is 23.2. The third-order valence-corrected chi connectivity index (χ3v) is 10.9. The van der Waals surface area contributed by atoms with Crippen LogP contribution in [0.3, 0.4) is 0 Å². The number of unbranched alkanes of at least 4 members (excludes halogenated alkanes) is 5. The fourth-order valence-electron chi connectivity index (χ4n) is 8.80. The van der Waals surface area contributed by atoms with Crippen LogP contribution in [0.4, 0.5) is 0 Å². The Hall–Kier alpha value is -0.500. The molecular formula is C30H49ClO2. The number of carbonyl (C=O) groups is 1. The van der Waals surface area contributed by atoms with Crippen molar-refractivity contribution in [2.24, 2.45) is 34.5 Å². The predicted molar refractivity (Wildman–Crippen MR) is 138 cm³/mol. The van der Waals surface area contributed by atoms with Crippen LogP contribution in [0.25, 0.3) is 0 Å². The molecule has 0 aromatic carbocycles. The van der Waals surface area contributed by atoms with Crippen molar-refractivity contribution in [3.8, 4) is 0 Å². The van der Waals surface area contributed by atoms with Gasteiger partial charge in [-0.2, -0.15) is 0 Å². The van der Waals surface area contributed by atoms with Gasteiger partial charge in [-0.3, -0.25) is 4.79 Å². The van der Waals surface area contributed by atoms with Crippen molar-refractivity contribution in [3.05, 3.63) is 11.6 Å². The molecule has 0 bridgehead atoms. The van der Waals surface area contributed by atoms with E-state index in [0.717, 1.165) is 36.5 Å². The lowest BCUT2D eigenvalue weighted by Gasteiger charge is -2.58. The third kappa shape index (κ3) is 5.22. The number of hydrogen-bond donors (Lipinski definition) is 0. The van der Waals surface area contributed by atoms with Gasteiger partial charge in [0.15, 0.2) is 0 Å². The monoisotopic (exact) mass is 476 g/mol. The molecule has 0 radical (unpaired) electrons. The standard InChI is InChI=1S/C30H49ClO2/c1-4-5-6-7-8-9-10-22-12-14-26-25-13-11-23-21-24(33-28(32)17-20-31)15-18-30(23,3)27(25)16-19-29(22,26)2/h11,22,24-27H,4-10,12-21H2,1-3H3/t22-,24+,25-,26-,27-,29-,30+/m1/s1. The molecule has 4 aliphatic rings. The average molecular weight is 477 g/mol. The van der Waals surface area contributed by atoms with Crippen LogP contribution in [-0.2, 0) is 9.53 Å². The zero-order valence-electron chi connectivity index (χ0n) is 21.7. The molecule has 7 atom stereocenters. The zero-order valence-corrected chi connectivity index (χ0v) is 22.4. The van der Waals surface area contributed by atoms with E-state index in [9.17, 15) is 4.79 Å². The number of halogens is 1. The van der Waals surface area contributed by atoms with Gasteiger partial charge in [0.1, 0.15) is 6.10 Å². The topological polar surface area (TPSA) is 26.3 Å². The number of fused-ring (bicyclic) bond motifs is 5. The van der Waals surface area contributed by atoms with Gasteiger partial charge < -0.3 is 4.74 Å². The van der Waals surface area contributed by atoms with E-state index in [2.05, 4.69) is 26.8 Å². The summed E-state index contributed by atoms with van der Waals surface area (Å²) in [5.74, 6) is 3.84. The van der Waals surface area contributed by atoms with Crippen LogP contribution in [0.5, 0.6) is 0 Å². The summed E-state index contributed by atoms with van der Waals surface area (Å²) >= 11 is 5.73. The quantitative estimate of drug-likeness (QED) is 0.136. The summed E-state index contributed by atoms with van der Waals surface area (Å²) in [5, 5.41) is 0. The smallest absolute Gasteiger partial charge is 0.307 e. The first kappa shape index (κ1) is 25.6. The van der Waals surface area contributed by atoms with Crippen LogP contribution >= 0.6 is 11.6 Å². The molecule has 3 heteroatoms. The van der Waals surface area contributed by atoms with Crippen molar-refractivity contribution in [1.82, 2.24) is 0 Å². The summed E-state index contributed by atoms with van der Waals surface area (Å²) in [5.41, 5.74) is 2.52. The Bertz CT molecular complexity index is 701. The summed E-state index contributed by atoms with van der Waals surface area (Å²) in [6, 6.07) is 0. The minimum Gasteiger partial charge on any atom is -0.462 e. The first-order valence-electron chi connectivity index (χ1n) is 14.4. The van der Waals surface area contributed by atoms with Crippen LogP contribution < -0.4 is 0 Å². The van der Waals surface area contributed by atoms with Crippen molar-refractivity contribution >= 4 is 17.6 Å². The molecule has 0 unspecified atom stereocenters. The van der Waals surface area contributed by atoms with E-state index < -0.39 is 0 Å². The van der Waals surface area contributed by atoms with Crippen molar-refractivity contribution in [3.63, 3.8) is 0 Å². The number of esters is 1. The van der Waals surface area contributed by atoms with Gasteiger partial charge in [-0.05, 0) is 85.9 Å². The van der Waals surface area contributed by atoms with Crippen molar-refractivity contribution in [2.75, 3.05) is 5.88 Å². The summed E-state index contributed by atoms with van der Waals surface area (Å²) in [4.78, 5) is 12.0. The first-order valence-corrected chi connectivity index (χ1v) is 14.9. The van der Waals surface area contributed by atoms with Gasteiger partial charge in [-0.15, -0.1) is 11.6 Å². The molecule has 0 heterocycles. The van der Waals surface area contributed by atoms with Gasteiger partial charge in [0.05, 0.1) is 6.42 Å². The number of carbonyl (C=O) groups excluding carboxylic acids is 1. The number of rotatable bonds is 10. The first-order chi connectivity index (χ1) is 15.9. The lowest BCUT2D eigenvalue weighted by Crippen LogP contribution is -2.50. The maximum absolute atomic E-state index is 12.0. The lowest BCUT2D eigenvalue weighted by atomic mass is 9.47. The summed E-state index contributed by atoms with van der Waals surface area (Å²) in [7, 11) is 0. The second-order valence-corrected chi connectivity index (χ2v) is 12.8. The molecule has 188 valence electrons. The van der Waals surface area contributed by atoms with E-state index in [-0.39, 0.29) is 12.1 Å². The van der Waals surface area contributed by atoms with Crippen molar-refractivity contribution in [1.29, 1.82) is 0 Å². The van der Waals surface area contributed by atoms with Gasteiger partial charge in [-0.1, -0.05) is 70.9 Å². The van der Waals surface area contributed by atoms with E-state index in [1.807, 2.05) is 0 Å². The number of hydrogen-bond acceptors (Lipinski definition) is 2. The van der Waals surface area contributed by atoms with Crippen LogP contribution in [0.1, 0.15) is 124 Å². The molecule has 3 fully saturated rings. The Balaban J connectivity index is 1.37. The van der Waals surface area contributed by atoms with Gasteiger partial charge in [0.25, 0.3) is 0 Å². The van der Waals surface area contributed by atoms with Gasteiger partial charge in [0, 0.05) is 12.3 Å².